The number of fused-ring (bicyclic) bond motifs is 1. The minimum atomic E-state index is -0.851. The molecule has 0 aliphatic carbocycles. The van der Waals surface area contributed by atoms with E-state index in [-0.39, 0.29) is 24.4 Å². The normalized spacial score (nSPS) is 24.0. The first-order valence-electron chi connectivity index (χ1n) is 13.2. The summed E-state index contributed by atoms with van der Waals surface area (Å²) in [6.45, 7) is 4.16. The minimum absolute atomic E-state index is 0.262. The third kappa shape index (κ3) is 5.23. The summed E-state index contributed by atoms with van der Waals surface area (Å²) in [7, 11) is 0. The molecule has 0 amide bonds. The summed E-state index contributed by atoms with van der Waals surface area (Å²) in [5.41, 5.74) is 3.05. The average Bonchev–Trinajstić information content (AvgIpc) is 3.44. The zero-order valence-corrected chi connectivity index (χ0v) is 22.7. The fourth-order valence-electron chi connectivity index (χ4n) is 5.73. The molecule has 6 rings (SSSR count). The van der Waals surface area contributed by atoms with E-state index in [2.05, 4.69) is 46.4 Å². The Kier molecular flexibility index (Phi) is 7.23. The van der Waals surface area contributed by atoms with Gasteiger partial charge in [0.25, 0.3) is 0 Å². The van der Waals surface area contributed by atoms with Gasteiger partial charge in [-0.15, -0.1) is 0 Å². The molecule has 200 valence electrons. The van der Waals surface area contributed by atoms with Gasteiger partial charge in [0, 0.05) is 12.1 Å². The molecule has 0 spiro atoms. The first-order chi connectivity index (χ1) is 18.9. The first kappa shape index (κ1) is 26.1. The minimum Gasteiger partial charge on any atom is -0.367 e. The molecule has 0 bridgehead atoms. The van der Waals surface area contributed by atoms with Crippen molar-refractivity contribution in [1.29, 1.82) is 0 Å². The second-order valence-electron chi connectivity index (χ2n) is 10.4. The van der Waals surface area contributed by atoms with Crippen molar-refractivity contribution in [3.8, 4) is 0 Å². The summed E-state index contributed by atoms with van der Waals surface area (Å²) >= 11 is 6.12. The number of ether oxygens (including phenoxy) is 4. The van der Waals surface area contributed by atoms with Gasteiger partial charge in [-0.1, -0.05) is 103 Å². The van der Waals surface area contributed by atoms with E-state index in [1.165, 1.54) is 6.33 Å². The molecule has 1 aromatic heterocycles. The van der Waals surface area contributed by atoms with E-state index in [1.807, 2.05) is 68.4 Å². The standard InChI is InChI=1S/C32H31ClN2O4/c1-31(2)38-29-26(18-25-19-28(33)35-21-34-25)37-27(30(29)39-31)20-36-32(22-12-6-3-7-13-22,23-14-8-4-9-15-23)24-16-10-5-11-17-24/h3-17,19,21,26-27,29-30H,18,20H2,1-2H3/t26?,27-,29+,30-/m1/s1. The molecule has 0 N–H and O–H groups in total. The third-order valence-corrected chi connectivity index (χ3v) is 7.56. The van der Waals surface area contributed by atoms with Crippen LogP contribution in [-0.4, -0.2) is 46.8 Å². The maximum Gasteiger partial charge on any atom is 0.164 e. The SMILES string of the molecule is CC1(C)O[C@@H]2[C@@H](COC(c3ccccc3)(c3ccccc3)c3ccccc3)OC(Cc3cc(Cl)ncn3)[C@@H]2O1. The largest absolute Gasteiger partial charge is 0.367 e. The smallest absolute Gasteiger partial charge is 0.164 e. The van der Waals surface area contributed by atoms with Crippen LogP contribution in [0.1, 0.15) is 36.2 Å². The van der Waals surface area contributed by atoms with Crippen LogP contribution in [0, 0.1) is 0 Å². The molecular weight excluding hydrogens is 512 g/mol. The maximum absolute atomic E-state index is 7.06. The lowest BCUT2D eigenvalue weighted by Crippen LogP contribution is -2.39. The fourth-order valence-corrected chi connectivity index (χ4v) is 5.90. The van der Waals surface area contributed by atoms with Crippen LogP contribution >= 0.6 is 11.6 Å². The summed E-state index contributed by atoms with van der Waals surface area (Å²) in [5.74, 6) is -0.728. The number of aromatic nitrogens is 2. The van der Waals surface area contributed by atoms with Crippen molar-refractivity contribution in [3.63, 3.8) is 0 Å². The number of rotatable bonds is 8. The zero-order valence-electron chi connectivity index (χ0n) is 21.9. The average molecular weight is 543 g/mol. The van der Waals surface area contributed by atoms with Gasteiger partial charge >= 0.3 is 0 Å². The molecular formula is C32H31ClN2O4. The highest BCUT2D eigenvalue weighted by Crippen LogP contribution is 2.44. The summed E-state index contributed by atoms with van der Waals surface area (Å²) in [6.07, 6.45) is 0.824. The van der Waals surface area contributed by atoms with Crippen molar-refractivity contribution in [3.05, 3.63) is 131 Å². The summed E-state index contributed by atoms with van der Waals surface area (Å²) in [4.78, 5) is 8.38. The second-order valence-corrected chi connectivity index (χ2v) is 10.8. The Balaban J connectivity index is 1.35. The summed E-state index contributed by atoms with van der Waals surface area (Å²) in [5, 5.41) is 0.400. The Hall–Kier alpha value is -3.13. The van der Waals surface area contributed by atoms with Crippen LogP contribution in [0.3, 0.4) is 0 Å². The third-order valence-electron chi connectivity index (χ3n) is 7.35. The molecule has 0 radical (unpaired) electrons. The maximum atomic E-state index is 7.06. The number of nitrogens with zero attached hydrogens (tertiary/aromatic N) is 2. The summed E-state index contributed by atoms with van der Waals surface area (Å²) in [6, 6.07) is 32.7. The lowest BCUT2D eigenvalue weighted by Gasteiger charge is -2.37. The van der Waals surface area contributed by atoms with Gasteiger partial charge < -0.3 is 18.9 Å². The van der Waals surface area contributed by atoms with E-state index in [4.69, 9.17) is 30.5 Å². The van der Waals surface area contributed by atoms with E-state index in [9.17, 15) is 0 Å². The number of halogens is 1. The quantitative estimate of drug-likeness (QED) is 0.202. The number of benzene rings is 3. The van der Waals surface area contributed by atoms with Gasteiger partial charge in [0.05, 0.1) is 12.7 Å². The van der Waals surface area contributed by atoms with Gasteiger partial charge in [0.2, 0.25) is 0 Å². The summed E-state index contributed by atoms with van der Waals surface area (Å²) < 4.78 is 26.3. The first-order valence-corrected chi connectivity index (χ1v) is 13.6. The molecule has 4 aromatic rings. The number of hydrogen-bond acceptors (Lipinski definition) is 6. The molecule has 6 nitrogen and oxygen atoms in total. The van der Waals surface area contributed by atoms with Crippen LogP contribution in [0.4, 0.5) is 0 Å². The predicted molar refractivity (Wildman–Crippen MR) is 148 cm³/mol. The van der Waals surface area contributed by atoms with Gasteiger partial charge in [-0.05, 0) is 36.6 Å². The molecule has 2 fully saturated rings. The Morgan fingerprint density at radius 3 is 1.79 bits per heavy atom. The molecule has 3 aromatic carbocycles. The lowest BCUT2D eigenvalue weighted by molar-refractivity contribution is -0.195. The molecule has 4 atom stereocenters. The molecule has 2 aliphatic heterocycles. The Labute approximate surface area is 233 Å². The topological polar surface area (TPSA) is 62.7 Å². The highest BCUT2D eigenvalue weighted by Gasteiger charge is 2.55. The van der Waals surface area contributed by atoms with E-state index < -0.39 is 11.4 Å². The van der Waals surface area contributed by atoms with Crippen LogP contribution in [0.2, 0.25) is 5.15 Å². The van der Waals surface area contributed by atoms with Crippen LogP contribution in [0.5, 0.6) is 0 Å². The highest BCUT2D eigenvalue weighted by molar-refractivity contribution is 6.29. The van der Waals surface area contributed by atoms with Crippen LogP contribution in [0.15, 0.2) is 103 Å². The molecule has 39 heavy (non-hydrogen) atoms. The van der Waals surface area contributed by atoms with Crippen molar-refractivity contribution < 1.29 is 18.9 Å². The predicted octanol–water partition coefficient (Wildman–Crippen LogP) is 5.97. The molecule has 0 saturated carbocycles. The van der Waals surface area contributed by atoms with Gasteiger partial charge in [0.15, 0.2) is 5.79 Å². The van der Waals surface area contributed by atoms with Gasteiger partial charge in [0.1, 0.15) is 35.4 Å². The van der Waals surface area contributed by atoms with E-state index in [0.717, 1.165) is 22.4 Å². The van der Waals surface area contributed by atoms with Crippen molar-refractivity contribution in [2.24, 2.45) is 0 Å². The Morgan fingerprint density at radius 2 is 1.28 bits per heavy atom. The van der Waals surface area contributed by atoms with Gasteiger partial charge in [-0.25, -0.2) is 9.97 Å². The van der Waals surface area contributed by atoms with Gasteiger partial charge in [-0.2, -0.15) is 0 Å². The number of hydrogen-bond donors (Lipinski definition) is 0. The molecule has 2 aliphatic rings. The second kappa shape index (κ2) is 10.8. The molecule has 2 saturated heterocycles. The molecule has 1 unspecified atom stereocenters. The van der Waals surface area contributed by atoms with Crippen LogP contribution < -0.4 is 0 Å². The lowest BCUT2D eigenvalue weighted by atomic mass is 9.80. The van der Waals surface area contributed by atoms with Crippen molar-refractivity contribution >= 4 is 11.6 Å². The monoisotopic (exact) mass is 542 g/mol. The highest BCUT2D eigenvalue weighted by atomic mass is 35.5. The fraction of sp³-hybridized carbons (Fsp3) is 0.312. The van der Waals surface area contributed by atoms with Crippen molar-refractivity contribution in [2.75, 3.05) is 6.61 Å². The van der Waals surface area contributed by atoms with E-state index >= 15 is 0 Å². The van der Waals surface area contributed by atoms with Crippen molar-refractivity contribution in [2.45, 2.75) is 56.1 Å². The van der Waals surface area contributed by atoms with Crippen LogP contribution in [0.25, 0.3) is 0 Å². The molecule has 3 heterocycles. The van der Waals surface area contributed by atoms with E-state index in [0.29, 0.717) is 18.2 Å². The van der Waals surface area contributed by atoms with E-state index in [1.54, 1.807) is 6.07 Å². The zero-order chi connectivity index (χ0) is 26.9. The molecule has 7 heteroatoms. The van der Waals surface area contributed by atoms with Crippen LogP contribution in [-0.2, 0) is 31.0 Å². The Bertz CT molecular complexity index is 1290. The van der Waals surface area contributed by atoms with Gasteiger partial charge in [-0.3, -0.25) is 0 Å². The van der Waals surface area contributed by atoms with Crippen molar-refractivity contribution in [1.82, 2.24) is 9.97 Å². The Morgan fingerprint density at radius 1 is 0.769 bits per heavy atom.